The second-order valence-corrected chi connectivity index (χ2v) is 5.56. The van der Waals surface area contributed by atoms with Gasteiger partial charge in [-0.25, -0.2) is 9.97 Å². The van der Waals surface area contributed by atoms with Crippen molar-refractivity contribution < 1.29 is 14.3 Å². The van der Waals surface area contributed by atoms with E-state index >= 15 is 0 Å². The average Bonchev–Trinajstić information content (AvgIpc) is 2.55. The van der Waals surface area contributed by atoms with Crippen LogP contribution in [0, 0.1) is 0 Å². The molecule has 1 heterocycles. The van der Waals surface area contributed by atoms with Crippen molar-refractivity contribution >= 4 is 33.6 Å². The number of esters is 1. The van der Waals surface area contributed by atoms with Crippen LogP contribution in [0.4, 0.5) is 5.82 Å². The molecule has 0 bridgehead atoms. The lowest BCUT2D eigenvalue weighted by atomic mass is 10.0. The highest BCUT2D eigenvalue weighted by atomic mass is 79.9. The number of nitrogen functional groups attached to an aromatic ring is 1. The van der Waals surface area contributed by atoms with Gasteiger partial charge in [-0.2, -0.15) is 0 Å². The molecule has 0 aliphatic rings. The van der Waals surface area contributed by atoms with Crippen LogP contribution < -0.4 is 11.1 Å². The van der Waals surface area contributed by atoms with Gasteiger partial charge in [0.1, 0.15) is 0 Å². The number of aromatic nitrogens is 2. The molecule has 1 aromatic carbocycles. The first kappa shape index (κ1) is 16.9. The van der Waals surface area contributed by atoms with Gasteiger partial charge in [0.05, 0.1) is 19.6 Å². The van der Waals surface area contributed by atoms with Crippen molar-refractivity contribution in [3.8, 4) is 0 Å². The molecule has 3 N–H and O–H groups in total. The molecule has 0 spiro atoms. The van der Waals surface area contributed by atoms with Gasteiger partial charge in [-0.05, 0) is 17.7 Å². The molecule has 120 valence electrons. The third-order valence-corrected chi connectivity index (χ3v) is 3.65. The van der Waals surface area contributed by atoms with Gasteiger partial charge in [-0.1, -0.05) is 28.1 Å². The highest BCUT2D eigenvalue weighted by Crippen LogP contribution is 2.21. The number of carbonyl (C=O) groups is 2. The van der Waals surface area contributed by atoms with E-state index in [0.29, 0.717) is 0 Å². The molecular weight excluding hydrogens is 364 g/mol. The summed E-state index contributed by atoms with van der Waals surface area (Å²) in [4.78, 5) is 31.7. The number of ether oxygens (including phenoxy) is 1. The number of nitrogens with two attached hydrogens (primary N) is 1. The standard InChI is InChI=1S/C15H15BrN4O3/c1-23-12(21)8-11(9-2-4-10(16)5-3-9)20-15(22)13-14(17)19-7-6-18-13/h2-7,11H,8H2,1H3,(H2,17,19)(H,20,22). The van der Waals surface area contributed by atoms with Gasteiger partial charge in [0.25, 0.3) is 5.91 Å². The highest BCUT2D eigenvalue weighted by molar-refractivity contribution is 9.10. The minimum absolute atomic E-state index is 0.00988. The van der Waals surface area contributed by atoms with E-state index in [-0.39, 0.29) is 17.9 Å². The molecular formula is C15H15BrN4O3. The van der Waals surface area contributed by atoms with Gasteiger partial charge in [-0.15, -0.1) is 0 Å². The lowest BCUT2D eigenvalue weighted by Gasteiger charge is -2.18. The third-order valence-electron chi connectivity index (χ3n) is 3.12. The molecule has 2 aromatic rings. The molecule has 0 radical (unpaired) electrons. The van der Waals surface area contributed by atoms with Crippen LogP contribution in [0.5, 0.6) is 0 Å². The molecule has 0 saturated heterocycles. The number of amides is 1. The summed E-state index contributed by atoms with van der Waals surface area (Å²) in [5.74, 6) is -0.921. The van der Waals surface area contributed by atoms with Crippen molar-refractivity contribution in [3.05, 3.63) is 52.4 Å². The van der Waals surface area contributed by atoms with Crippen LogP contribution in [0.1, 0.15) is 28.5 Å². The van der Waals surface area contributed by atoms with E-state index in [4.69, 9.17) is 5.73 Å². The van der Waals surface area contributed by atoms with Gasteiger partial charge in [0.2, 0.25) is 0 Å². The summed E-state index contributed by atoms with van der Waals surface area (Å²) in [6.45, 7) is 0. The lowest BCUT2D eigenvalue weighted by Crippen LogP contribution is -2.31. The molecule has 2 rings (SSSR count). The summed E-state index contributed by atoms with van der Waals surface area (Å²) in [7, 11) is 1.30. The third kappa shape index (κ3) is 4.49. The molecule has 0 aliphatic carbocycles. The number of carbonyl (C=O) groups excluding carboxylic acids is 2. The van der Waals surface area contributed by atoms with Crippen LogP contribution in [0.25, 0.3) is 0 Å². The van der Waals surface area contributed by atoms with Crippen molar-refractivity contribution in [3.63, 3.8) is 0 Å². The Labute approximate surface area is 141 Å². The number of benzene rings is 1. The Bertz CT molecular complexity index is 706. The quantitative estimate of drug-likeness (QED) is 0.768. The van der Waals surface area contributed by atoms with Gasteiger partial charge in [0, 0.05) is 16.9 Å². The SMILES string of the molecule is COC(=O)CC(NC(=O)c1nccnc1N)c1ccc(Br)cc1. The summed E-state index contributed by atoms with van der Waals surface area (Å²) in [5, 5.41) is 2.74. The van der Waals surface area contributed by atoms with E-state index in [1.807, 2.05) is 12.1 Å². The minimum Gasteiger partial charge on any atom is -0.469 e. The fourth-order valence-electron chi connectivity index (χ4n) is 1.95. The van der Waals surface area contributed by atoms with E-state index in [0.717, 1.165) is 10.0 Å². The Balaban J connectivity index is 2.23. The van der Waals surface area contributed by atoms with Crippen LogP contribution in [0.3, 0.4) is 0 Å². The number of rotatable bonds is 5. The normalized spacial score (nSPS) is 11.6. The van der Waals surface area contributed by atoms with Crippen LogP contribution in [0.15, 0.2) is 41.1 Å². The molecule has 0 aliphatic heterocycles. The zero-order valence-corrected chi connectivity index (χ0v) is 13.9. The molecule has 0 saturated carbocycles. The predicted octanol–water partition coefficient (Wildman–Crippen LogP) is 1.86. The first-order valence-corrected chi connectivity index (χ1v) is 7.50. The summed E-state index contributed by atoms with van der Waals surface area (Å²) in [6.07, 6.45) is 2.76. The number of nitrogens with one attached hydrogen (secondary N) is 1. The van der Waals surface area contributed by atoms with Crippen LogP contribution in [0.2, 0.25) is 0 Å². The summed E-state index contributed by atoms with van der Waals surface area (Å²) in [6, 6.07) is 6.69. The Kier molecular flexibility index (Phi) is 5.64. The van der Waals surface area contributed by atoms with E-state index in [1.165, 1.54) is 19.5 Å². The van der Waals surface area contributed by atoms with Gasteiger partial charge < -0.3 is 15.8 Å². The van der Waals surface area contributed by atoms with Crippen LogP contribution in [-0.2, 0) is 9.53 Å². The van der Waals surface area contributed by atoms with E-state index < -0.39 is 17.9 Å². The monoisotopic (exact) mass is 378 g/mol. The van der Waals surface area contributed by atoms with Crippen LogP contribution >= 0.6 is 15.9 Å². The fraction of sp³-hybridized carbons (Fsp3) is 0.200. The number of methoxy groups -OCH3 is 1. The topological polar surface area (TPSA) is 107 Å². The summed E-state index contributed by atoms with van der Waals surface area (Å²) in [5.41, 5.74) is 6.42. The first-order chi connectivity index (χ1) is 11.0. The molecule has 0 fully saturated rings. The number of anilines is 1. The van der Waals surface area contributed by atoms with E-state index in [2.05, 4.69) is 36.0 Å². The minimum atomic E-state index is -0.565. The Morgan fingerprint density at radius 2 is 1.91 bits per heavy atom. The predicted molar refractivity (Wildman–Crippen MR) is 87.4 cm³/mol. The molecule has 1 aromatic heterocycles. The largest absolute Gasteiger partial charge is 0.469 e. The van der Waals surface area contributed by atoms with Crippen LogP contribution in [-0.4, -0.2) is 29.0 Å². The maximum atomic E-state index is 12.3. The van der Waals surface area contributed by atoms with Gasteiger partial charge in [-0.3, -0.25) is 9.59 Å². The number of hydrogen-bond donors (Lipinski definition) is 2. The smallest absolute Gasteiger partial charge is 0.307 e. The maximum absolute atomic E-state index is 12.3. The van der Waals surface area contributed by atoms with Gasteiger partial charge in [0.15, 0.2) is 11.5 Å². The zero-order valence-electron chi connectivity index (χ0n) is 12.3. The average molecular weight is 379 g/mol. The van der Waals surface area contributed by atoms with Gasteiger partial charge >= 0.3 is 5.97 Å². The highest BCUT2D eigenvalue weighted by Gasteiger charge is 2.21. The van der Waals surface area contributed by atoms with Crippen molar-refractivity contribution in [2.24, 2.45) is 0 Å². The fourth-order valence-corrected chi connectivity index (χ4v) is 2.21. The van der Waals surface area contributed by atoms with Crippen molar-refractivity contribution in [2.75, 3.05) is 12.8 Å². The van der Waals surface area contributed by atoms with E-state index in [1.54, 1.807) is 12.1 Å². The molecule has 1 amide bonds. The summed E-state index contributed by atoms with van der Waals surface area (Å²) < 4.78 is 5.58. The molecule has 1 unspecified atom stereocenters. The first-order valence-electron chi connectivity index (χ1n) is 6.71. The molecule has 7 nitrogen and oxygen atoms in total. The molecule has 8 heteroatoms. The maximum Gasteiger partial charge on any atom is 0.307 e. The van der Waals surface area contributed by atoms with E-state index in [9.17, 15) is 9.59 Å². The Hall–Kier alpha value is -2.48. The number of hydrogen-bond acceptors (Lipinski definition) is 6. The second kappa shape index (κ2) is 7.68. The number of halogens is 1. The van der Waals surface area contributed by atoms with Crippen molar-refractivity contribution in [1.29, 1.82) is 0 Å². The second-order valence-electron chi connectivity index (χ2n) is 4.65. The molecule has 23 heavy (non-hydrogen) atoms. The Morgan fingerprint density at radius 3 is 2.52 bits per heavy atom. The zero-order chi connectivity index (χ0) is 16.8. The Morgan fingerprint density at radius 1 is 1.26 bits per heavy atom. The lowest BCUT2D eigenvalue weighted by molar-refractivity contribution is -0.141. The molecule has 1 atom stereocenters. The van der Waals surface area contributed by atoms with Crippen molar-refractivity contribution in [1.82, 2.24) is 15.3 Å². The van der Waals surface area contributed by atoms with Crippen molar-refractivity contribution in [2.45, 2.75) is 12.5 Å². The number of nitrogens with zero attached hydrogens (tertiary/aromatic N) is 2. The summed E-state index contributed by atoms with van der Waals surface area (Å²) >= 11 is 3.34.